The Morgan fingerprint density at radius 1 is 1.29 bits per heavy atom. The predicted molar refractivity (Wildman–Crippen MR) is 75.6 cm³/mol. The van der Waals surface area contributed by atoms with E-state index in [2.05, 4.69) is 36.3 Å². The zero-order valence-corrected chi connectivity index (χ0v) is 11.9. The van der Waals surface area contributed by atoms with Gasteiger partial charge in [0.05, 0.1) is 0 Å². The number of hydrogen-bond acceptors (Lipinski definition) is 3. The average molecular weight is 252 g/mol. The molecular weight excluding hydrogens is 228 g/mol. The van der Waals surface area contributed by atoms with Crippen LogP contribution >= 0.6 is 11.3 Å². The number of aryl methyl sites for hydroxylation is 1. The molecule has 1 aromatic rings. The third-order valence-corrected chi connectivity index (χ3v) is 4.87. The van der Waals surface area contributed by atoms with Crippen molar-refractivity contribution in [2.24, 2.45) is 5.92 Å². The van der Waals surface area contributed by atoms with Crippen LogP contribution in [0.15, 0.2) is 12.1 Å². The molecule has 0 unspecified atom stereocenters. The molecule has 17 heavy (non-hydrogen) atoms. The molecule has 0 atom stereocenters. The Morgan fingerprint density at radius 3 is 2.65 bits per heavy atom. The second kappa shape index (κ2) is 6.53. The molecule has 0 bridgehead atoms. The molecule has 3 heteroatoms. The quantitative estimate of drug-likeness (QED) is 0.867. The summed E-state index contributed by atoms with van der Waals surface area (Å²) in [5, 5.41) is 3.62. The molecule has 0 aliphatic carbocycles. The van der Waals surface area contributed by atoms with Gasteiger partial charge in [0.1, 0.15) is 0 Å². The summed E-state index contributed by atoms with van der Waals surface area (Å²) in [6, 6.07) is 4.53. The molecule has 1 aliphatic rings. The first kappa shape index (κ1) is 13.1. The summed E-state index contributed by atoms with van der Waals surface area (Å²) in [5.74, 6) is 0.886. The molecule has 1 aromatic heterocycles. The molecule has 0 amide bonds. The van der Waals surface area contributed by atoms with E-state index in [-0.39, 0.29) is 0 Å². The molecule has 1 N–H and O–H groups in total. The monoisotopic (exact) mass is 252 g/mol. The van der Waals surface area contributed by atoms with Crippen LogP contribution in [0.4, 0.5) is 0 Å². The van der Waals surface area contributed by atoms with E-state index in [1.807, 2.05) is 11.3 Å². The maximum absolute atomic E-state index is 3.62. The highest BCUT2D eigenvalue weighted by atomic mass is 32.1. The van der Waals surface area contributed by atoms with Crippen molar-refractivity contribution in [1.29, 1.82) is 0 Å². The van der Waals surface area contributed by atoms with Crippen LogP contribution in [0.5, 0.6) is 0 Å². The minimum atomic E-state index is 0.886. The molecule has 0 saturated carbocycles. The maximum atomic E-state index is 3.62. The molecule has 0 radical (unpaired) electrons. The van der Waals surface area contributed by atoms with E-state index in [0.29, 0.717) is 0 Å². The lowest BCUT2D eigenvalue weighted by molar-refractivity contribution is 0.216. The van der Waals surface area contributed by atoms with E-state index >= 15 is 0 Å². The Bertz CT molecular complexity index is 327. The number of rotatable bonds is 5. The van der Waals surface area contributed by atoms with Crippen molar-refractivity contribution in [3.8, 4) is 0 Å². The highest BCUT2D eigenvalue weighted by Gasteiger charge is 2.15. The van der Waals surface area contributed by atoms with E-state index < -0.39 is 0 Å². The van der Waals surface area contributed by atoms with Crippen LogP contribution in [0.2, 0.25) is 0 Å². The highest BCUT2D eigenvalue weighted by Crippen LogP contribution is 2.18. The Hall–Kier alpha value is -0.380. The zero-order chi connectivity index (χ0) is 12.1. The second-order valence-electron chi connectivity index (χ2n) is 5.10. The van der Waals surface area contributed by atoms with Crippen LogP contribution in [-0.4, -0.2) is 31.6 Å². The molecule has 0 spiro atoms. The average Bonchev–Trinajstić information content (AvgIpc) is 2.80. The van der Waals surface area contributed by atoms with Gasteiger partial charge in [0, 0.05) is 16.3 Å². The lowest BCUT2D eigenvalue weighted by Crippen LogP contribution is -2.34. The van der Waals surface area contributed by atoms with Gasteiger partial charge in [-0.05, 0) is 64.0 Å². The van der Waals surface area contributed by atoms with Crippen LogP contribution < -0.4 is 5.32 Å². The fourth-order valence-corrected chi connectivity index (χ4v) is 3.30. The number of likely N-dealkylation sites (tertiary alicyclic amines) is 1. The van der Waals surface area contributed by atoms with Crippen LogP contribution in [0.25, 0.3) is 0 Å². The van der Waals surface area contributed by atoms with Crippen molar-refractivity contribution in [3.63, 3.8) is 0 Å². The number of nitrogens with one attached hydrogen (secondary N) is 1. The first-order valence-electron chi connectivity index (χ1n) is 6.74. The minimum Gasteiger partial charge on any atom is -0.312 e. The first-order chi connectivity index (χ1) is 8.28. The van der Waals surface area contributed by atoms with Crippen LogP contribution in [0.1, 0.15) is 29.5 Å². The fourth-order valence-electron chi connectivity index (χ4n) is 2.37. The standard InChI is InChI=1S/C14H24N2S/c1-3-13-4-5-14(17-13)11-15-10-12-6-8-16(2)9-7-12/h4-5,12,15H,3,6-11H2,1-2H3. The van der Waals surface area contributed by atoms with Crippen LogP contribution in [0, 0.1) is 5.92 Å². The molecule has 2 nitrogen and oxygen atoms in total. The van der Waals surface area contributed by atoms with Crippen molar-refractivity contribution in [2.75, 3.05) is 26.7 Å². The van der Waals surface area contributed by atoms with Gasteiger partial charge in [0.2, 0.25) is 0 Å². The predicted octanol–water partition coefficient (Wildman–Crippen LogP) is 2.74. The van der Waals surface area contributed by atoms with Gasteiger partial charge in [-0.1, -0.05) is 6.92 Å². The molecule has 2 heterocycles. The highest BCUT2D eigenvalue weighted by molar-refractivity contribution is 7.11. The second-order valence-corrected chi connectivity index (χ2v) is 6.35. The van der Waals surface area contributed by atoms with E-state index in [0.717, 1.165) is 12.5 Å². The van der Waals surface area contributed by atoms with Crippen molar-refractivity contribution in [3.05, 3.63) is 21.9 Å². The zero-order valence-electron chi connectivity index (χ0n) is 11.0. The fraction of sp³-hybridized carbons (Fsp3) is 0.714. The van der Waals surface area contributed by atoms with Crippen molar-refractivity contribution < 1.29 is 0 Å². The molecule has 0 aromatic carbocycles. The maximum Gasteiger partial charge on any atom is 0.0299 e. The SMILES string of the molecule is CCc1ccc(CNCC2CCN(C)CC2)s1. The van der Waals surface area contributed by atoms with Gasteiger partial charge < -0.3 is 10.2 Å². The summed E-state index contributed by atoms with van der Waals surface area (Å²) in [6.45, 7) is 7.00. The van der Waals surface area contributed by atoms with Gasteiger partial charge in [-0.3, -0.25) is 0 Å². The summed E-state index contributed by atoms with van der Waals surface area (Å²) < 4.78 is 0. The molecular formula is C14H24N2S. The number of nitrogens with zero attached hydrogens (tertiary/aromatic N) is 1. The lowest BCUT2D eigenvalue weighted by atomic mass is 9.97. The third-order valence-electron chi connectivity index (χ3n) is 3.64. The molecule has 1 saturated heterocycles. The normalized spacial score (nSPS) is 18.7. The lowest BCUT2D eigenvalue weighted by Gasteiger charge is -2.28. The Kier molecular flexibility index (Phi) is 5.01. The topological polar surface area (TPSA) is 15.3 Å². The molecule has 96 valence electrons. The molecule has 2 rings (SSSR count). The van der Waals surface area contributed by atoms with Crippen molar-refractivity contribution in [1.82, 2.24) is 10.2 Å². The minimum absolute atomic E-state index is 0.886. The van der Waals surface area contributed by atoms with Crippen molar-refractivity contribution >= 4 is 11.3 Å². The van der Waals surface area contributed by atoms with Gasteiger partial charge in [-0.15, -0.1) is 11.3 Å². The van der Waals surface area contributed by atoms with Gasteiger partial charge in [0.15, 0.2) is 0 Å². The van der Waals surface area contributed by atoms with E-state index in [1.165, 1.54) is 48.7 Å². The first-order valence-corrected chi connectivity index (χ1v) is 7.56. The van der Waals surface area contributed by atoms with Crippen LogP contribution in [0.3, 0.4) is 0 Å². The number of piperidine rings is 1. The van der Waals surface area contributed by atoms with Crippen LogP contribution in [-0.2, 0) is 13.0 Å². The van der Waals surface area contributed by atoms with E-state index in [1.54, 1.807) is 0 Å². The van der Waals surface area contributed by atoms with Gasteiger partial charge in [-0.2, -0.15) is 0 Å². The number of hydrogen-bond donors (Lipinski definition) is 1. The molecule has 1 aliphatic heterocycles. The number of thiophene rings is 1. The van der Waals surface area contributed by atoms with Gasteiger partial charge >= 0.3 is 0 Å². The van der Waals surface area contributed by atoms with Gasteiger partial charge in [-0.25, -0.2) is 0 Å². The van der Waals surface area contributed by atoms with E-state index in [9.17, 15) is 0 Å². The van der Waals surface area contributed by atoms with Gasteiger partial charge in [0.25, 0.3) is 0 Å². The summed E-state index contributed by atoms with van der Waals surface area (Å²) in [6.07, 6.45) is 3.88. The summed E-state index contributed by atoms with van der Waals surface area (Å²) in [5.41, 5.74) is 0. The Labute approximate surface area is 109 Å². The Morgan fingerprint density at radius 2 is 2.00 bits per heavy atom. The Balaban J connectivity index is 1.65. The van der Waals surface area contributed by atoms with E-state index in [4.69, 9.17) is 0 Å². The summed E-state index contributed by atoms with van der Waals surface area (Å²) in [4.78, 5) is 5.42. The molecule has 1 fully saturated rings. The smallest absolute Gasteiger partial charge is 0.0299 e. The summed E-state index contributed by atoms with van der Waals surface area (Å²) in [7, 11) is 2.22. The third kappa shape index (κ3) is 4.09. The van der Waals surface area contributed by atoms with Crippen molar-refractivity contribution in [2.45, 2.75) is 32.7 Å². The summed E-state index contributed by atoms with van der Waals surface area (Å²) >= 11 is 1.95. The largest absolute Gasteiger partial charge is 0.312 e.